The molecule has 0 spiro atoms. The molecule has 0 aliphatic heterocycles. The summed E-state index contributed by atoms with van der Waals surface area (Å²) in [5, 5.41) is 0. The van der Waals surface area contributed by atoms with E-state index >= 15 is 0 Å². The molecule has 0 aliphatic carbocycles. The molecule has 170 valence electrons. The first-order valence-corrected chi connectivity index (χ1v) is 13.0. The number of nitrogens with one attached hydrogen (secondary N) is 1. The number of para-hydroxylation sites is 1. The molecule has 2 aromatic carbocycles. The minimum atomic E-state index is -3.73. The molecule has 2 heterocycles. The van der Waals surface area contributed by atoms with Crippen molar-refractivity contribution in [3.05, 3.63) is 100 Å². The number of rotatable bonds is 7. The van der Waals surface area contributed by atoms with Crippen molar-refractivity contribution in [1.29, 1.82) is 0 Å². The van der Waals surface area contributed by atoms with Crippen LogP contribution in [0.3, 0.4) is 0 Å². The maximum atomic E-state index is 13.0. The third-order valence-electron chi connectivity index (χ3n) is 5.24. The summed E-state index contributed by atoms with van der Waals surface area (Å²) in [6, 6.07) is 19.4. The highest BCUT2D eigenvalue weighted by atomic mass is 32.2. The third kappa shape index (κ3) is 5.29. The average molecular weight is 480 g/mol. The monoisotopic (exact) mass is 479 g/mol. The van der Waals surface area contributed by atoms with E-state index in [1.165, 1.54) is 22.2 Å². The summed E-state index contributed by atoms with van der Waals surface area (Å²) in [5.41, 5.74) is 3.68. The molecule has 0 aliphatic rings. The molecule has 0 unspecified atom stereocenters. The van der Waals surface area contributed by atoms with Crippen molar-refractivity contribution in [2.75, 3.05) is 4.72 Å². The Bertz CT molecular complexity index is 1460. The predicted octanol–water partition coefficient (Wildman–Crippen LogP) is 5.22. The molecule has 0 fully saturated rings. The molecule has 2 aromatic heterocycles. The van der Waals surface area contributed by atoms with Gasteiger partial charge in [0, 0.05) is 22.9 Å². The fraction of sp³-hybridized carbons (Fsp3) is 0.200. The normalized spacial score (nSPS) is 11.8. The molecule has 33 heavy (non-hydrogen) atoms. The topological polar surface area (TPSA) is 80.5 Å². The summed E-state index contributed by atoms with van der Waals surface area (Å²) in [5.74, 6) is 0.758. The number of thioether (sulfide) groups is 1. The number of hydrogen-bond donors (Lipinski definition) is 1. The summed E-state index contributed by atoms with van der Waals surface area (Å²) < 4.78 is 30.1. The summed E-state index contributed by atoms with van der Waals surface area (Å²) in [7, 11) is -3.73. The lowest BCUT2D eigenvalue weighted by molar-refractivity contribution is 0.601. The van der Waals surface area contributed by atoms with Crippen molar-refractivity contribution >= 4 is 33.1 Å². The average Bonchev–Trinajstić information content (AvgIpc) is 2.78. The molecule has 6 nitrogen and oxygen atoms in total. The second-order valence-corrected chi connectivity index (χ2v) is 10.8. The second kappa shape index (κ2) is 9.41. The molecular formula is C25H25N3O3S2. The molecule has 4 aromatic rings. The van der Waals surface area contributed by atoms with Gasteiger partial charge in [-0.25, -0.2) is 13.4 Å². The van der Waals surface area contributed by atoms with Crippen LogP contribution in [0.5, 0.6) is 0 Å². The number of benzene rings is 2. The molecule has 4 rings (SSSR count). The zero-order valence-corrected chi connectivity index (χ0v) is 20.3. The Labute approximate surface area is 197 Å². The number of nitrogens with zero attached hydrogens (tertiary/aromatic N) is 2. The number of aryl methyl sites for hydroxylation is 1. The lowest BCUT2D eigenvalue weighted by atomic mass is 10.0. The van der Waals surface area contributed by atoms with Crippen LogP contribution in [0.2, 0.25) is 0 Å². The van der Waals surface area contributed by atoms with Crippen molar-refractivity contribution in [3.8, 4) is 0 Å². The molecule has 0 radical (unpaired) electrons. The van der Waals surface area contributed by atoms with Crippen LogP contribution in [-0.2, 0) is 15.8 Å². The molecular weight excluding hydrogens is 454 g/mol. The number of aromatic nitrogens is 2. The van der Waals surface area contributed by atoms with E-state index in [-0.39, 0.29) is 10.5 Å². The summed E-state index contributed by atoms with van der Waals surface area (Å²) in [6.07, 6.45) is 1.72. The van der Waals surface area contributed by atoms with E-state index < -0.39 is 10.0 Å². The zero-order chi connectivity index (χ0) is 23.6. The fourth-order valence-corrected chi connectivity index (χ4v) is 5.44. The van der Waals surface area contributed by atoms with Crippen molar-refractivity contribution in [3.63, 3.8) is 0 Å². The Balaban J connectivity index is 1.55. The lowest BCUT2D eigenvalue weighted by Crippen LogP contribution is -2.15. The molecule has 8 heteroatoms. The van der Waals surface area contributed by atoms with Crippen molar-refractivity contribution in [2.24, 2.45) is 0 Å². The lowest BCUT2D eigenvalue weighted by Gasteiger charge is -2.13. The minimum Gasteiger partial charge on any atom is -0.278 e. The van der Waals surface area contributed by atoms with Crippen molar-refractivity contribution in [2.45, 2.75) is 42.2 Å². The van der Waals surface area contributed by atoms with Gasteiger partial charge in [-0.2, -0.15) is 0 Å². The van der Waals surface area contributed by atoms with Gasteiger partial charge in [-0.15, -0.1) is 11.8 Å². The van der Waals surface area contributed by atoms with Crippen LogP contribution in [0.1, 0.15) is 36.6 Å². The summed E-state index contributed by atoms with van der Waals surface area (Å²) in [4.78, 5) is 18.0. The Morgan fingerprint density at radius 2 is 1.76 bits per heavy atom. The summed E-state index contributed by atoms with van der Waals surface area (Å²) in [6.45, 7) is 6.08. The highest BCUT2D eigenvalue weighted by molar-refractivity contribution is 7.98. The van der Waals surface area contributed by atoms with E-state index in [0.29, 0.717) is 28.7 Å². The smallest absolute Gasteiger partial charge is 0.261 e. The number of anilines is 1. The van der Waals surface area contributed by atoms with Crippen LogP contribution in [0.25, 0.3) is 5.65 Å². The Hall–Kier alpha value is -3.10. The van der Waals surface area contributed by atoms with E-state index in [0.717, 1.165) is 16.0 Å². The minimum absolute atomic E-state index is 0.144. The zero-order valence-electron chi connectivity index (χ0n) is 18.6. The van der Waals surface area contributed by atoms with Crippen LogP contribution in [-0.4, -0.2) is 17.8 Å². The third-order valence-corrected chi connectivity index (χ3v) is 7.73. The Kier molecular flexibility index (Phi) is 6.58. The number of pyridine rings is 1. The first kappa shape index (κ1) is 23.1. The van der Waals surface area contributed by atoms with Gasteiger partial charge in [0.1, 0.15) is 5.65 Å². The van der Waals surface area contributed by atoms with E-state index in [1.807, 2.05) is 43.3 Å². The molecule has 0 atom stereocenters. The van der Waals surface area contributed by atoms with Crippen LogP contribution in [0.4, 0.5) is 5.69 Å². The van der Waals surface area contributed by atoms with E-state index in [9.17, 15) is 13.2 Å². The number of sulfonamides is 1. The van der Waals surface area contributed by atoms with Gasteiger partial charge in [0.2, 0.25) is 0 Å². The van der Waals surface area contributed by atoms with Gasteiger partial charge < -0.3 is 0 Å². The molecule has 0 saturated heterocycles. The predicted molar refractivity (Wildman–Crippen MR) is 134 cm³/mol. The highest BCUT2D eigenvalue weighted by Gasteiger charge is 2.17. The SMILES string of the molecule is Cc1ccn2c(=O)cc(CSc3ccccc3NS(=O)(=O)c3ccc(C(C)C)cc3)nc2c1. The Morgan fingerprint density at radius 3 is 2.48 bits per heavy atom. The van der Waals surface area contributed by atoms with Gasteiger partial charge in [-0.05, 0) is 60.4 Å². The first-order valence-electron chi connectivity index (χ1n) is 10.6. The fourth-order valence-electron chi connectivity index (χ4n) is 3.39. The van der Waals surface area contributed by atoms with Crippen LogP contribution < -0.4 is 10.3 Å². The van der Waals surface area contributed by atoms with E-state index in [4.69, 9.17) is 0 Å². The quantitative estimate of drug-likeness (QED) is 0.368. The van der Waals surface area contributed by atoms with Crippen LogP contribution in [0.15, 0.2) is 87.5 Å². The van der Waals surface area contributed by atoms with Gasteiger partial charge in [0.05, 0.1) is 16.3 Å². The highest BCUT2D eigenvalue weighted by Crippen LogP contribution is 2.31. The molecule has 1 N–H and O–H groups in total. The molecule has 0 bridgehead atoms. The maximum Gasteiger partial charge on any atom is 0.261 e. The largest absolute Gasteiger partial charge is 0.278 e. The molecule has 0 saturated carbocycles. The van der Waals surface area contributed by atoms with E-state index in [2.05, 4.69) is 23.6 Å². The van der Waals surface area contributed by atoms with Gasteiger partial charge >= 0.3 is 0 Å². The first-order chi connectivity index (χ1) is 15.7. The van der Waals surface area contributed by atoms with Crippen LogP contribution >= 0.6 is 11.8 Å². The molecule has 0 amide bonds. The number of hydrogen-bond acceptors (Lipinski definition) is 5. The summed E-state index contributed by atoms with van der Waals surface area (Å²) >= 11 is 1.43. The maximum absolute atomic E-state index is 13.0. The Morgan fingerprint density at radius 1 is 1.03 bits per heavy atom. The standard InChI is InChI=1S/C25H25N3O3S2/c1-17(2)19-8-10-21(11-9-19)33(30,31)27-22-6-4-5-7-23(22)32-16-20-15-25(29)28-13-12-18(3)14-24(28)26-20/h4-15,17,27H,16H2,1-3H3. The van der Waals surface area contributed by atoms with Gasteiger partial charge in [-0.1, -0.05) is 38.1 Å². The van der Waals surface area contributed by atoms with Gasteiger partial charge in [0.25, 0.3) is 15.6 Å². The van der Waals surface area contributed by atoms with Crippen molar-refractivity contribution in [1.82, 2.24) is 9.38 Å². The van der Waals surface area contributed by atoms with Gasteiger partial charge in [-0.3, -0.25) is 13.9 Å². The second-order valence-electron chi connectivity index (χ2n) is 8.13. The van der Waals surface area contributed by atoms with Crippen molar-refractivity contribution < 1.29 is 8.42 Å². The number of fused-ring (bicyclic) bond motifs is 1. The van der Waals surface area contributed by atoms with E-state index in [1.54, 1.807) is 30.5 Å². The van der Waals surface area contributed by atoms with Gasteiger partial charge in [0.15, 0.2) is 0 Å². The van der Waals surface area contributed by atoms with Crippen LogP contribution in [0, 0.1) is 6.92 Å².